The molecule has 340 valence electrons. The molecule has 2 amide bonds. The largest absolute Gasteiger partial charge is 0.481 e. The van der Waals surface area contributed by atoms with Crippen molar-refractivity contribution < 1.29 is 29.4 Å². The number of hydrogen-bond acceptors (Lipinski definition) is 7. The second-order valence-electron chi connectivity index (χ2n) is 18.6. The topological polar surface area (TPSA) is 133 Å². The van der Waals surface area contributed by atoms with Gasteiger partial charge in [0, 0.05) is 49.6 Å². The molecule has 0 spiro atoms. The Hall–Kier alpha value is -3.45. The van der Waals surface area contributed by atoms with E-state index in [1.54, 1.807) is 34.4 Å². The van der Waals surface area contributed by atoms with Gasteiger partial charge in [-0.3, -0.25) is 19.2 Å². The number of carbonyl (C=O) groups is 4. The van der Waals surface area contributed by atoms with Crippen molar-refractivity contribution >= 4 is 94.3 Å². The third-order valence-corrected chi connectivity index (χ3v) is 18.4. The Bertz CT molecular complexity index is 2280. The molecule has 63 heavy (non-hydrogen) atoms. The number of halogens is 1. The molecule has 2 bridgehead atoms. The zero-order valence-corrected chi connectivity index (χ0v) is 41.4. The highest BCUT2D eigenvalue weighted by Gasteiger charge is 2.57. The maximum atomic E-state index is 13.4. The van der Waals surface area contributed by atoms with Gasteiger partial charge in [0.2, 0.25) is 0 Å². The fourth-order valence-corrected chi connectivity index (χ4v) is 14.1. The van der Waals surface area contributed by atoms with E-state index in [-0.39, 0.29) is 36.7 Å². The molecule has 2 aromatic heterocycles. The van der Waals surface area contributed by atoms with Crippen molar-refractivity contribution in [3.8, 4) is 0 Å². The van der Waals surface area contributed by atoms with E-state index in [4.69, 9.17) is 10.2 Å². The summed E-state index contributed by atoms with van der Waals surface area (Å²) in [6, 6.07) is 14.4. The van der Waals surface area contributed by atoms with Gasteiger partial charge in [0.1, 0.15) is 0 Å². The number of allylic oxidation sites excluding steroid dienone is 4. The number of thiophene rings is 2. The fourth-order valence-electron chi connectivity index (χ4n) is 10.7. The van der Waals surface area contributed by atoms with Crippen molar-refractivity contribution in [2.45, 2.75) is 127 Å². The summed E-state index contributed by atoms with van der Waals surface area (Å²) in [5, 5.41) is 28.7. The number of carbonyl (C=O) groups excluding carboxylic acids is 2. The minimum atomic E-state index is -0.737. The van der Waals surface area contributed by atoms with Crippen LogP contribution in [-0.2, 0) is 9.59 Å². The average Bonchev–Trinajstić information content (AvgIpc) is 3.87. The third kappa shape index (κ3) is 12.3. The highest BCUT2D eigenvalue weighted by atomic mass is 79.9. The third-order valence-electron chi connectivity index (χ3n) is 14.2. The second-order valence-corrected chi connectivity index (χ2v) is 22.5. The molecular formula is C51H65BrN2O6S3. The molecule has 4 aliphatic rings. The first-order valence-corrected chi connectivity index (χ1v) is 26.5. The molecular weight excluding hydrogens is 913 g/mol. The maximum Gasteiger partial charge on any atom is 0.303 e. The molecule has 4 saturated carbocycles. The van der Waals surface area contributed by atoms with Gasteiger partial charge in [-0.05, 0) is 151 Å². The number of aliphatic carboxylic acids is 2. The van der Waals surface area contributed by atoms with E-state index in [2.05, 4.69) is 97.0 Å². The van der Waals surface area contributed by atoms with Crippen molar-refractivity contribution in [1.82, 2.24) is 10.6 Å². The Morgan fingerprint density at radius 2 is 1.43 bits per heavy atom. The van der Waals surface area contributed by atoms with Gasteiger partial charge >= 0.3 is 11.9 Å². The molecule has 2 heterocycles. The molecule has 7 unspecified atom stereocenters. The number of unbranched alkanes of at least 4 members (excludes halogenated alkanes) is 2. The summed E-state index contributed by atoms with van der Waals surface area (Å²) < 4.78 is 4.36. The Labute approximate surface area is 394 Å². The summed E-state index contributed by atoms with van der Waals surface area (Å²) >= 11 is 8.59. The minimum Gasteiger partial charge on any atom is -0.481 e. The second kappa shape index (κ2) is 22.6. The maximum absolute atomic E-state index is 13.4. The van der Waals surface area contributed by atoms with Gasteiger partial charge in [0.15, 0.2) is 0 Å². The van der Waals surface area contributed by atoms with Crippen molar-refractivity contribution in [3.63, 3.8) is 0 Å². The summed E-state index contributed by atoms with van der Waals surface area (Å²) in [4.78, 5) is 48.0. The normalized spacial score (nSPS) is 25.1. The van der Waals surface area contributed by atoms with E-state index < -0.39 is 11.9 Å². The molecule has 8 atom stereocenters. The lowest BCUT2D eigenvalue weighted by Crippen LogP contribution is -2.61. The molecule has 4 aromatic rings. The lowest BCUT2D eigenvalue weighted by molar-refractivity contribution is -0.138. The van der Waals surface area contributed by atoms with Crippen molar-refractivity contribution in [2.75, 3.05) is 6.26 Å². The molecule has 0 aliphatic heterocycles. The van der Waals surface area contributed by atoms with Crippen LogP contribution in [0.15, 0.2) is 80.8 Å². The number of nitrogens with one attached hydrogen (secondary N) is 2. The molecule has 2 aromatic carbocycles. The predicted molar refractivity (Wildman–Crippen MR) is 265 cm³/mol. The molecule has 4 N–H and O–H groups in total. The lowest BCUT2D eigenvalue weighted by atomic mass is 9.44. The summed E-state index contributed by atoms with van der Waals surface area (Å²) in [6.45, 7) is 9.29. The number of carboxylic acids is 2. The van der Waals surface area contributed by atoms with Crippen molar-refractivity contribution in [1.29, 1.82) is 0 Å². The average molecular weight is 978 g/mol. The number of thioether (sulfide) groups is 1. The van der Waals surface area contributed by atoms with E-state index in [1.807, 2.05) is 35.7 Å². The number of benzene rings is 2. The van der Waals surface area contributed by atoms with E-state index in [0.717, 1.165) is 80.7 Å². The first-order chi connectivity index (χ1) is 30.2. The SMILES string of the molecule is CC1(C)C2CC(NC(=O)c3cccc4c(Br)csc34)C(C/C=C\CCCC(=O)O)C1C2.CCC1C[C@H](C)CC(NC(=O)c2cccc3cc(SC)sc23)C1C/C=C\CCCC(=O)O. The number of rotatable bonds is 18. The van der Waals surface area contributed by atoms with Crippen LogP contribution in [-0.4, -0.2) is 52.3 Å². The Morgan fingerprint density at radius 1 is 0.825 bits per heavy atom. The molecule has 4 fully saturated rings. The van der Waals surface area contributed by atoms with E-state index in [1.165, 1.54) is 17.1 Å². The van der Waals surface area contributed by atoms with Crippen LogP contribution in [0, 0.1) is 40.9 Å². The smallest absolute Gasteiger partial charge is 0.303 e. The predicted octanol–water partition coefficient (Wildman–Crippen LogP) is 13.6. The molecule has 8 rings (SSSR count). The van der Waals surface area contributed by atoms with Gasteiger partial charge in [-0.25, -0.2) is 0 Å². The first kappa shape index (κ1) is 49.0. The summed E-state index contributed by atoms with van der Waals surface area (Å²) in [7, 11) is 0. The van der Waals surface area contributed by atoms with Crippen LogP contribution in [0.25, 0.3) is 20.2 Å². The quantitative estimate of drug-likeness (QED) is 0.0443. The van der Waals surface area contributed by atoms with Crippen LogP contribution >= 0.6 is 50.4 Å². The van der Waals surface area contributed by atoms with Crippen LogP contribution in [0.2, 0.25) is 0 Å². The zero-order valence-electron chi connectivity index (χ0n) is 37.4. The van der Waals surface area contributed by atoms with Gasteiger partial charge in [0.25, 0.3) is 11.8 Å². The van der Waals surface area contributed by atoms with E-state index in [0.29, 0.717) is 53.8 Å². The van der Waals surface area contributed by atoms with Crippen LogP contribution in [0.4, 0.5) is 0 Å². The van der Waals surface area contributed by atoms with Crippen molar-refractivity contribution in [2.24, 2.45) is 40.9 Å². The molecule has 8 nitrogen and oxygen atoms in total. The fraction of sp³-hybridized carbons (Fsp3) is 0.529. The van der Waals surface area contributed by atoms with Gasteiger partial charge in [-0.2, -0.15) is 0 Å². The highest BCUT2D eigenvalue weighted by molar-refractivity contribution is 9.10. The molecule has 0 saturated heterocycles. The summed E-state index contributed by atoms with van der Waals surface area (Å²) in [6.07, 6.45) is 21.6. The van der Waals surface area contributed by atoms with E-state index in [9.17, 15) is 19.2 Å². The number of amides is 2. The monoisotopic (exact) mass is 976 g/mol. The van der Waals surface area contributed by atoms with Crippen LogP contribution in [0.1, 0.15) is 132 Å². The van der Waals surface area contributed by atoms with Gasteiger partial charge in [0.05, 0.1) is 15.3 Å². The molecule has 12 heteroatoms. The Morgan fingerprint density at radius 3 is 2.03 bits per heavy atom. The minimum absolute atomic E-state index is 0.0273. The van der Waals surface area contributed by atoms with Crippen LogP contribution in [0.5, 0.6) is 0 Å². The number of fused-ring (bicyclic) bond motifs is 4. The van der Waals surface area contributed by atoms with Crippen LogP contribution < -0.4 is 10.6 Å². The van der Waals surface area contributed by atoms with Crippen molar-refractivity contribution in [3.05, 3.63) is 87.7 Å². The number of hydrogen-bond donors (Lipinski definition) is 4. The van der Waals surface area contributed by atoms with Crippen LogP contribution in [0.3, 0.4) is 0 Å². The Kier molecular flexibility index (Phi) is 17.6. The standard InChI is InChI=1S/C26H35NO3S2.C25H30BrNO3S/c1-4-18-14-17(2)15-22(20(18)11-7-5-6-8-13-23(28)29)27-26(30)21-12-9-10-19-16-24(31-3)32-25(19)21;1-25(2)15-12-19(25)16(8-5-3-4-6-11-22(28)29)21(13-15)27-24(30)18-10-7-9-17-20(26)14-31-23(17)18/h5,7,9-10,12,16-18,20,22H,4,6,8,11,13-15H2,1-3H3,(H,27,30)(H,28,29);3,5,7,9-10,14-16,19,21H,4,6,8,11-13H2,1-2H3,(H,27,30)(H,28,29)/b7-5-;5-3-/t17-,18?,20?,22?;/m0./s1. The Balaban J connectivity index is 0.000000210. The van der Waals surface area contributed by atoms with E-state index >= 15 is 0 Å². The lowest BCUT2D eigenvalue weighted by Gasteiger charge is -2.62. The number of carboxylic acid groups (broad SMARTS) is 2. The van der Waals surface area contributed by atoms with Gasteiger partial charge in [-0.1, -0.05) is 82.7 Å². The molecule has 4 aliphatic carbocycles. The molecule has 0 radical (unpaired) electrons. The first-order valence-electron chi connectivity index (χ1n) is 22.8. The zero-order chi connectivity index (χ0) is 45.3. The van der Waals surface area contributed by atoms with Gasteiger partial charge < -0.3 is 20.8 Å². The van der Waals surface area contributed by atoms with Gasteiger partial charge in [-0.15, -0.1) is 34.4 Å². The summed E-state index contributed by atoms with van der Waals surface area (Å²) in [5.41, 5.74) is 1.87. The summed E-state index contributed by atoms with van der Waals surface area (Å²) in [5.74, 6) is 1.91. The highest BCUT2D eigenvalue weighted by Crippen LogP contribution is 2.62.